The highest BCUT2D eigenvalue weighted by atomic mass is 35.5. The fraction of sp³-hybridized carbons (Fsp3) is 0.346. The number of benzene rings is 2. The molecular formula is C26H28Cl2N4O2S. The first kappa shape index (κ1) is 25.6. The number of hydrogen-bond donors (Lipinski definition) is 0. The molecule has 2 aromatic carbocycles. The molecule has 1 amide bonds. The summed E-state index contributed by atoms with van der Waals surface area (Å²) in [6, 6.07) is 15.3. The second-order valence-electron chi connectivity index (χ2n) is 8.48. The Balaban J connectivity index is 1.40. The van der Waals surface area contributed by atoms with Gasteiger partial charge in [-0.3, -0.25) is 14.2 Å². The molecule has 0 atom stereocenters. The van der Waals surface area contributed by atoms with E-state index in [2.05, 4.69) is 4.90 Å². The van der Waals surface area contributed by atoms with Crippen LogP contribution in [0.2, 0.25) is 10.0 Å². The summed E-state index contributed by atoms with van der Waals surface area (Å²) in [5, 5.41) is 1.91. The Morgan fingerprint density at radius 1 is 1.03 bits per heavy atom. The van der Waals surface area contributed by atoms with Crippen molar-refractivity contribution < 1.29 is 4.79 Å². The van der Waals surface area contributed by atoms with Gasteiger partial charge < -0.3 is 9.80 Å². The SMILES string of the molecule is CCc1nc(SCC(=O)N2CCN(c3cccc(Cl)c3)CC2)n(C)c(=O)c1Cc1cccc(Cl)c1. The van der Waals surface area contributed by atoms with Crippen molar-refractivity contribution >= 4 is 46.6 Å². The molecule has 1 aliphatic rings. The summed E-state index contributed by atoms with van der Waals surface area (Å²) in [5.41, 5.74) is 3.40. The fourth-order valence-corrected chi connectivity index (χ4v) is 5.51. The van der Waals surface area contributed by atoms with Crippen LogP contribution in [0.1, 0.15) is 23.7 Å². The first-order valence-corrected chi connectivity index (χ1v) is 13.3. The number of rotatable bonds is 7. The molecule has 0 spiro atoms. The Morgan fingerprint density at radius 2 is 1.71 bits per heavy atom. The van der Waals surface area contributed by atoms with Crippen LogP contribution in [0.25, 0.3) is 0 Å². The van der Waals surface area contributed by atoms with Crippen LogP contribution >= 0.6 is 35.0 Å². The van der Waals surface area contributed by atoms with Gasteiger partial charge in [0.2, 0.25) is 5.91 Å². The zero-order valence-electron chi connectivity index (χ0n) is 19.8. The van der Waals surface area contributed by atoms with Crippen molar-refractivity contribution in [2.45, 2.75) is 24.9 Å². The molecule has 0 radical (unpaired) electrons. The molecule has 1 fully saturated rings. The van der Waals surface area contributed by atoms with Crippen molar-refractivity contribution in [2.75, 3.05) is 36.8 Å². The molecule has 3 aromatic rings. The molecule has 1 saturated heterocycles. The van der Waals surface area contributed by atoms with E-state index >= 15 is 0 Å². The number of piperazine rings is 1. The summed E-state index contributed by atoms with van der Waals surface area (Å²) in [4.78, 5) is 34.9. The van der Waals surface area contributed by atoms with Gasteiger partial charge in [-0.25, -0.2) is 4.98 Å². The Labute approximate surface area is 219 Å². The molecule has 1 aromatic heterocycles. The largest absolute Gasteiger partial charge is 0.368 e. The molecule has 6 nitrogen and oxygen atoms in total. The van der Waals surface area contributed by atoms with Crippen molar-refractivity contribution in [2.24, 2.45) is 7.05 Å². The summed E-state index contributed by atoms with van der Waals surface area (Å²) in [5.74, 6) is 0.296. The number of thioether (sulfide) groups is 1. The molecule has 35 heavy (non-hydrogen) atoms. The quantitative estimate of drug-likeness (QED) is 0.327. The van der Waals surface area contributed by atoms with E-state index in [9.17, 15) is 9.59 Å². The zero-order chi connectivity index (χ0) is 24.9. The van der Waals surface area contributed by atoms with Crippen molar-refractivity contribution in [3.63, 3.8) is 0 Å². The zero-order valence-corrected chi connectivity index (χ0v) is 22.2. The number of aromatic nitrogens is 2. The number of carbonyl (C=O) groups excluding carboxylic acids is 1. The Kier molecular flexibility index (Phi) is 8.42. The van der Waals surface area contributed by atoms with Crippen LogP contribution in [0.4, 0.5) is 5.69 Å². The lowest BCUT2D eigenvalue weighted by Crippen LogP contribution is -2.49. The summed E-state index contributed by atoms with van der Waals surface area (Å²) >= 11 is 13.5. The van der Waals surface area contributed by atoms with Crippen LogP contribution in [0.15, 0.2) is 58.5 Å². The smallest absolute Gasteiger partial charge is 0.257 e. The maximum absolute atomic E-state index is 13.2. The average Bonchev–Trinajstić information content (AvgIpc) is 2.86. The third kappa shape index (κ3) is 6.21. The maximum atomic E-state index is 13.2. The molecule has 4 rings (SSSR count). The molecule has 0 bridgehead atoms. The monoisotopic (exact) mass is 530 g/mol. The van der Waals surface area contributed by atoms with Crippen LogP contribution in [-0.2, 0) is 24.7 Å². The summed E-state index contributed by atoms with van der Waals surface area (Å²) < 4.78 is 1.55. The molecule has 9 heteroatoms. The minimum absolute atomic E-state index is 0.0519. The van der Waals surface area contributed by atoms with Gasteiger partial charge in [0.1, 0.15) is 0 Å². The van der Waals surface area contributed by atoms with E-state index in [0.29, 0.717) is 46.7 Å². The Morgan fingerprint density at radius 3 is 2.37 bits per heavy atom. The van der Waals surface area contributed by atoms with Gasteiger partial charge in [0.25, 0.3) is 5.56 Å². The van der Waals surface area contributed by atoms with Crippen molar-refractivity contribution in [1.82, 2.24) is 14.5 Å². The Bertz CT molecular complexity index is 1270. The molecule has 0 saturated carbocycles. The van der Waals surface area contributed by atoms with Gasteiger partial charge in [-0.15, -0.1) is 0 Å². The topological polar surface area (TPSA) is 58.4 Å². The molecule has 1 aliphatic heterocycles. The summed E-state index contributed by atoms with van der Waals surface area (Å²) in [7, 11) is 1.72. The van der Waals surface area contributed by atoms with Crippen LogP contribution in [0.3, 0.4) is 0 Å². The number of carbonyl (C=O) groups is 1. The summed E-state index contributed by atoms with van der Waals surface area (Å²) in [6.45, 7) is 4.80. The number of halogens is 2. The predicted octanol–water partition coefficient (Wildman–Crippen LogP) is 4.68. The van der Waals surface area contributed by atoms with E-state index in [4.69, 9.17) is 28.2 Å². The number of hydrogen-bond acceptors (Lipinski definition) is 5. The third-order valence-electron chi connectivity index (χ3n) is 6.16. The van der Waals surface area contributed by atoms with E-state index in [-0.39, 0.29) is 17.2 Å². The van der Waals surface area contributed by atoms with Crippen LogP contribution in [-0.4, -0.2) is 52.3 Å². The minimum Gasteiger partial charge on any atom is -0.368 e. The van der Waals surface area contributed by atoms with E-state index in [1.807, 2.05) is 60.4 Å². The molecule has 184 valence electrons. The van der Waals surface area contributed by atoms with Gasteiger partial charge >= 0.3 is 0 Å². The van der Waals surface area contributed by atoms with Gasteiger partial charge in [0, 0.05) is 60.9 Å². The van der Waals surface area contributed by atoms with Crippen molar-refractivity contribution in [3.8, 4) is 0 Å². The highest BCUT2D eigenvalue weighted by Gasteiger charge is 2.22. The molecule has 0 unspecified atom stereocenters. The molecule has 0 aliphatic carbocycles. The number of aryl methyl sites for hydroxylation is 1. The predicted molar refractivity (Wildman–Crippen MR) is 144 cm³/mol. The second-order valence-corrected chi connectivity index (χ2v) is 10.3. The highest BCUT2D eigenvalue weighted by molar-refractivity contribution is 7.99. The normalized spacial score (nSPS) is 13.8. The number of nitrogens with zero attached hydrogens (tertiary/aromatic N) is 4. The fourth-order valence-electron chi connectivity index (χ4n) is 4.23. The third-order valence-corrected chi connectivity index (χ3v) is 7.65. The first-order valence-electron chi connectivity index (χ1n) is 11.6. The van der Waals surface area contributed by atoms with Gasteiger partial charge in [-0.2, -0.15) is 0 Å². The van der Waals surface area contributed by atoms with E-state index in [0.717, 1.165) is 30.0 Å². The summed E-state index contributed by atoms with van der Waals surface area (Å²) in [6.07, 6.45) is 1.11. The van der Waals surface area contributed by atoms with E-state index in [1.165, 1.54) is 11.8 Å². The van der Waals surface area contributed by atoms with Crippen molar-refractivity contribution in [3.05, 3.63) is 85.8 Å². The average molecular weight is 532 g/mol. The highest BCUT2D eigenvalue weighted by Crippen LogP contribution is 2.22. The lowest BCUT2D eigenvalue weighted by molar-refractivity contribution is -0.128. The van der Waals surface area contributed by atoms with Gasteiger partial charge in [0.05, 0.1) is 11.4 Å². The first-order chi connectivity index (χ1) is 16.9. The number of anilines is 1. The molecule has 2 heterocycles. The van der Waals surface area contributed by atoms with Gasteiger partial charge in [-0.1, -0.05) is 60.1 Å². The minimum atomic E-state index is -0.0816. The molecular weight excluding hydrogens is 503 g/mol. The van der Waals surface area contributed by atoms with Crippen molar-refractivity contribution in [1.29, 1.82) is 0 Å². The number of amides is 1. The lowest BCUT2D eigenvalue weighted by atomic mass is 10.0. The standard InChI is InChI=1S/C26H28Cl2N4O2S/c1-3-23-22(15-18-6-4-7-19(27)14-18)25(34)30(2)26(29-23)35-17-24(33)32-12-10-31(11-13-32)21-9-5-8-20(28)16-21/h4-9,14,16H,3,10-13,15,17H2,1-2H3. The van der Waals surface area contributed by atoms with Crippen LogP contribution < -0.4 is 10.5 Å². The van der Waals surface area contributed by atoms with E-state index < -0.39 is 0 Å². The maximum Gasteiger partial charge on any atom is 0.257 e. The van der Waals surface area contributed by atoms with Gasteiger partial charge in [0.15, 0.2) is 5.16 Å². The van der Waals surface area contributed by atoms with Gasteiger partial charge in [-0.05, 0) is 42.3 Å². The van der Waals surface area contributed by atoms with Crippen LogP contribution in [0, 0.1) is 0 Å². The molecule has 0 N–H and O–H groups in total. The second kappa shape index (κ2) is 11.5. The lowest BCUT2D eigenvalue weighted by Gasteiger charge is -2.36. The van der Waals surface area contributed by atoms with Crippen LogP contribution in [0.5, 0.6) is 0 Å². The van der Waals surface area contributed by atoms with E-state index in [1.54, 1.807) is 11.6 Å². The Hall–Kier alpha value is -2.48.